The highest BCUT2D eigenvalue weighted by atomic mass is 19.4. The van der Waals surface area contributed by atoms with E-state index in [4.69, 9.17) is 0 Å². The van der Waals surface area contributed by atoms with Gasteiger partial charge in [-0.05, 0) is 73.6 Å². The summed E-state index contributed by atoms with van der Waals surface area (Å²) >= 11 is 0. The summed E-state index contributed by atoms with van der Waals surface area (Å²) in [5, 5.41) is 22.0. The molecule has 2 heterocycles. The maximum Gasteiger partial charge on any atom is 0.416 e. The van der Waals surface area contributed by atoms with Crippen LogP contribution < -0.4 is 0 Å². The standard InChI is InChI=1S/C33H51F3N2O4/c1-5-24(6-2)22-31(41)9-13-37(14-10-31)29(39)20-26-17-27(19-28(18-26)33(34,35)36)21-30(40)38-15-11-32(42,12-16-38)23-25(7-3)8-4/h17-19,24-25,41-42H,5-16,20-23H2,1-4H3. The van der Waals surface area contributed by atoms with E-state index >= 15 is 0 Å². The van der Waals surface area contributed by atoms with Crippen LogP contribution in [0.4, 0.5) is 13.2 Å². The summed E-state index contributed by atoms with van der Waals surface area (Å²) in [5.41, 5.74) is -2.03. The first-order chi connectivity index (χ1) is 19.7. The van der Waals surface area contributed by atoms with Crippen LogP contribution in [0, 0.1) is 11.8 Å². The summed E-state index contributed by atoms with van der Waals surface area (Å²) in [6.45, 7) is 9.92. The number of halogens is 3. The molecule has 2 aliphatic heterocycles. The van der Waals surface area contributed by atoms with Crippen LogP contribution in [0.1, 0.15) is 109 Å². The van der Waals surface area contributed by atoms with Gasteiger partial charge in [-0.15, -0.1) is 0 Å². The highest BCUT2D eigenvalue weighted by Crippen LogP contribution is 2.34. The number of amides is 2. The van der Waals surface area contributed by atoms with Gasteiger partial charge in [0.15, 0.2) is 0 Å². The summed E-state index contributed by atoms with van der Waals surface area (Å²) in [6.07, 6.45) is 2.18. The lowest BCUT2D eigenvalue weighted by atomic mass is 9.81. The van der Waals surface area contributed by atoms with E-state index in [1.807, 2.05) is 0 Å². The molecule has 0 unspecified atom stereocenters. The molecule has 0 radical (unpaired) electrons. The Balaban J connectivity index is 1.64. The number of aliphatic hydroxyl groups is 2. The number of carbonyl (C=O) groups is 2. The molecule has 1 aromatic rings. The van der Waals surface area contributed by atoms with Gasteiger partial charge in [-0.1, -0.05) is 59.4 Å². The zero-order valence-electron chi connectivity index (χ0n) is 25.9. The fraction of sp³-hybridized carbons (Fsp3) is 0.758. The van der Waals surface area contributed by atoms with Gasteiger partial charge < -0.3 is 20.0 Å². The summed E-state index contributed by atoms with van der Waals surface area (Å²) in [6, 6.07) is 3.53. The normalized spacial score (nSPS) is 19.0. The van der Waals surface area contributed by atoms with Crippen molar-refractivity contribution in [2.45, 2.75) is 122 Å². The maximum absolute atomic E-state index is 13.8. The minimum Gasteiger partial charge on any atom is -0.390 e. The van der Waals surface area contributed by atoms with E-state index in [-0.39, 0.29) is 35.8 Å². The van der Waals surface area contributed by atoms with Crippen LogP contribution in [0.3, 0.4) is 0 Å². The Morgan fingerprint density at radius 2 is 1.05 bits per heavy atom. The number of likely N-dealkylation sites (tertiary alicyclic amines) is 2. The number of carbonyl (C=O) groups excluding carboxylic acids is 2. The van der Waals surface area contributed by atoms with Crippen LogP contribution in [-0.2, 0) is 28.6 Å². The van der Waals surface area contributed by atoms with Gasteiger partial charge in [-0.2, -0.15) is 13.2 Å². The largest absolute Gasteiger partial charge is 0.416 e. The minimum atomic E-state index is -4.61. The molecule has 42 heavy (non-hydrogen) atoms. The molecule has 2 amide bonds. The van der Waals surface area contributed by atoms with E-state index < -0.39 is 22.9 Å². The van der Waals surface area contributed by atoms with Crippen molar-refractivity contribution in [3.05, 3.63) is 34.9 Å². The van der Waals surface area contributed by atoms with E-state index in [1.165, 1.54) is 6.07 Å². The van der Waals surface area contributed by atoms with Crippen molar-refractivity contribution in [2.24, 2.45) is 11.8 Å². The molecule has 0 saturated carbocycles. The molecular weight excluding hydrogens is 545 g/mol. The second-order valence-electron chi connectivity index (χ2n) is 12.9. The average Bonchev–Trinajstić information content (AvgIpc) is 2.94. The molecule has 2 fully saturated rings. The van der Waals surface area contributed by atoms with Gasteiger partial charge >= 0.3 is 6.18 Å². The van der Waals surface area contributed by atoms with Gasteiger partial charge in [0.05, 0.1) is 29.6 Å². The lowest BCUT2D eigenvalue weighted by molar-refractivity contribution is -0.139. The van der Waals surface area contributed by atoms with E-state index in [0.29, 0.717) is 76.5 Å². The number of piperidine rings is 2. The van der Waals surface area contributed by atoms with Crippen molar-refractivity contribution in [3.8, 4) is 0 Å². The van der Waals surface area contributed by atoms with Crippen LogP contribution in [-0.4, -0.2) is 69.2 Å². The molecule has 0 aliphatic carbocycles. The molecule has 2 aliphatic rings. The Hall–Kier alpha value is -2.13. The average molecular weight is 597 g/mol. The third kappa shape index (κ3) is 9.43. The quantitative estimate of drug-likeness (QED) is 0.303. The molecule has 1 aromatic carbocycles. The SMILES string of the molecule is CCC(CC)CC1(O)CCN(C(=O)Cc2cc(CC(=O)N3CCC(O)(CC(CC)CC)CC3)cc(C(F)(F)F)c2)CC1. The summed E-state index contributed by atoms with van der Waals surface area (Å²) < 4.78 is 41.3. The monoisotopic (exact) mass is 596 g/mol. The second-order valence-corrected chi connectivity index (χ2v) is 12.9. The van der Waals surface area contributed by atoms with Crippen LogP contribution in [0.25, 0.3) is 0 Å². The van der Waals surface area contributed by atoms with Crippen molar-refractivity contribution in [1.29, 1.82) is 0 Å². The van der Waals surface area contributed by atoms with Gasteiger partial charge in [0.25, 0.3) is 0 Å². The van der Waals surface area contributed by atoms with Crippen LogP contribution in [0.2, 0.25) is 0 Å². The summed E-state index contributed by atoms with van der Waals surface area (Å²) in [4.78, 5) is 29.5. The second kappa shape index (κ2) is 14.6. The number of alkyl halides is 3. The number of hydrogen-bond acceptors (Lipinski definition) is 4. The van der Waals surface area contributed by atoms with Gasteiger partial charge in [-0.25, -0.2) is 0 Å². The molecule has 0 spiro atoms. The van der Waals surface area contributed by atoms with Crippen molar-refractivity contribution < 1.29 is 33.0 Å². The van der Waals surface area contributed by atoms with E-state index in [1.54, 1.807) is 9.80 Å². The number of benzene rings is 1. The molecule has 6 nitrogen and oxygen atoms in total. The summed E-state index contributed by atoms with van der Waals surface area (Å²) in [7, 11) is 0. The van der Waals surface area contributed by atoms with E-state index in [9.17, 15) is 33.0 Å². The van der Waals surface area contributed by atoms with Crippen LogP contribution >= 0.6 is 0 Å². The lowest BCUT2D eigenvalue weighted by Gasteiger charge is -2.40. The third-order valence-electron chi connectivity index (χ3n) is 9.83. The predicted octanol–water partition coefficient (Wildman–Crippen LogP) is 6.15. The van der Waals surface area contributed by atoms with Gasteiger partial charge in [0.2, 0.25) is 11.8 Å². The van der Waals surface area contributed by atoms with Crippen LogP contribution in [0.15, 0.2) is 18.2 Å². The van der Waals surface area contributed by atoms with Crippen molar-refractivity contribution >= 4 is 11.8 Å². The minimum absolute atomic E-state index is 0.192. The predicted molar refractivity (Wildman–Crippen MR) is 158 cm³/mol. The highest BCUT2D eigenvalue weighted by molar-refractivity contribution is 5.80. The zero-order valence-corrected chi connectivity index (χ0v) is 25.9. The molecule has 9 heteroatoms. The Morgan fingerprint density at radius 1 is 0.714 bits per heavy atom. The molecule has 0 aromatic heterocycles. The molecule has 2 N–H and O–H groups in total. The van der Waals surface area contributed by atoms with Crippen molar-refractivity contribution in [1.82, 2.24) is 9.80 Å². The Bertz CT molecular complexity index is 964. The number of hydrogen-bond donors (Lipinski definition) is 2. The number of nitrogens with zero attached hydrogens (tertiary/aromatic N) is 2. The molecule has 0 bridgehead atoms. The molecule has 238 valence electrons. The zero-order chi connectivity index (χ0) is 31.1. The van der Waals surface area contributed by atoms with Gasteiger partial charge in [0, 0.05) is 26.2 Å². The van der Waals surface area contributed by atoms with Crippen molar-refractivity contribution in [2.75, 3.05) is 26.2 Å². The first kappa shape index (κ1) is 34.4. The fourth-order valence-electron chi connectivity index (χ4n) is 6.69. The van der Waals surface area contributed by atoms with Gasteiger partial charge in [-0.3, -0.25) is 9.59 Å². The summed E-state index contributed by atoms with van der Waals surface area (Å²) in [5.74, 6) is 0.302. The fourth-order valence-corrected chi connectivity index (χ4v) is 6.69. The molecule has 2 saturated heterocycles. The van der Waals surface area contributed by atoms with Crippen LogP contribution in [0.5, 0.6) is 0 Å². The molecule has 3 rings (SSSR count). The van der Waals surface area contributed by atoms with E-state index in [2.05, 4.69) is 27.7 Å². The number of rotatable bonds is 12. The first-order valence-electron chi connectivity index (χ1n) is 15.9. The Kier molecular flexibility index (Phi) is 11.9. The lowest BCUT2D eigenvalue weighted by Crippen LogP contribution is -2.48. The first-order valence-corrected chi connectivity index (χ1v) is 15.9. The smallest absolute Gasteiger partial charge is 0.390 e. The Morgan fingerprint density at radius 3 is 1.33 bits per heavy atom. The van der Waals surface area contributed by atoms with E-state index in [0.717, 1.165) is 37.8 Å². The Labute approximate surface area is 249 Å². The maximum atomic E-state index is 13.8. The topological polar surface area (TPSA) is 81.1 Å². The van der Waals surface area contributed by atoms with Crippen molar-refractivity contribution in [3.63, 3.8) is 0 Å². The van der Waals surface area contributed by atoms with Gasteiger partial charge in [0.1, 0.15) is 0 Å². The molecule has 0 atom stereocenters. The molecular formula is C33H51F3N2O4. The highest BCUT2D eigenvalue weighted by Gasteiger charge is 2.37. The third-order valence-corrected chi connectivity index (χ3v) is 9.83.